The van der Waals surface area contributed by atoms with Crippen molar-refractivity contribution in [2.75, 3.05) is 31.1 Å². The average molecular weight is 421 g/mol. The minimum Gasteiger partial charge on any atom is -0.336 e. The van der Waals surface area contributed by atoms with E-state index in [1.807, 2.05) is 29.1 Å². The first kappa shape index (κ1) is 19.6. The van der Waals surface area contributed by atoms with E-state index in [4.69, 9.17) is 4.52 Å². The third-order valence-electron chi connectivity index (χ3n) is 5.61. The highest BCUT2D eigenvalue weighted by Gasteiger charge is 2.22. The quantitative estimate of drug-likeness (QED) is 0.488. The molecule has 1 saturated heterocycles. The lowest BCUT2D eigenvalue weighted by atomic mass is 10.1. The molecule has 0 aliphatic carbocycles. The maximum atomic E-state index is 13.9. The van der Waals surface area contributed by atoms with Gasteiger partial charge in [-0.05, 0) is 43.3 Å². The van der Waals surface area contributed by atoms with Gasteiger partial charge in [-0.15, -0.1) is 0 Å². The second-order valence-electron chi connectivity index (χ2n) is 8.05. The van der Waals surface area contributed by atoms with Crippen molar-refractivity contribution in [2.45, 2.75) is 26.4 Å². The zero-order valence-corrected chi connectivity index (χ0v) is 17.6. The second kappa shape index (κ2) is 8.07. The summed E-state index contributed by atoms with van der Waals surface area (Å²) in [6, 6.07) is 9.37. The number of piperazine rings is 1. The van der Waals surface area contributed by atoms with Gasteiger partial charge in [-0.1, -0.05) is 6.07 Å². The summed E-state index contributed by atoms with van der Waals surface area (Å²) in [6.45, 7) is 7.75. The monoisotopic (exact) mass is 421 g/mol. The van der Waals surface area contributed by atoms with Gasteiger partial charge < -0.3 is 9.42 Å². The summed E-state index contributed by atoms with van der Waals surface area (Å²) in [4.78, 5) is 13.0. The predicted octanol–water partition coefficient (Wildman–Crippen LogP) is 3.52. The zero-order chi connectivity index (χ0) is 21.4. The molecular formula is C22H24FN7O. The van der Waals surface area contributed by atoms with Crippen LogP contribution >= 0.6 is 0 Å². The van der Waals surface area contributed by atoms with Crippen molar-refractivity contribution < 1.29 is 8.91 Å². The average Bonchev–Trinajstić information content (AvgIpc) is 3.43. The molecule has 3 aromatic heterocycles. The lowest BCUT2D eigenvalue weighted by Gasteiger charge is -2.33. The van der Waals surface area contributed by atoms with E-state index in [0.29, 0.717) is 24.1 Å². The molecule has 160 valence electrons. The van der Waals surface area contributed by atoms with E-state index in [1.54, 1.807) is 12.3 Å². The van der Waals surface area contributed by atoms with Crippen molar-refractivity contribution in [2.24, 2.45) is 0 Å². The van der Waals surface area contributed by atoms with E-state index in [0.717, 1.165) is 42.6 Å². The van der Waals surface area contributed by atoms with Gasteiger partial charge in [-0.3, -0.25) is 14.6 Å². The predicted molar refractivity (Wildman–Crippen MR) is 115 cm³/mol. The van der Waals surface area contributed by atoms with E-state index < -0.39 is 0 Å². The molecule has 0 unspecified atom stereocenters. The van der Waals surface area contributed by atoms with Gasteiger partial charge in [0.15, 0.2) is 0 Å². The van der Waals surface area contributed by atoms with Crippen LogP contribution in [0.5, 0.6) is 0 Å². The van der Waals surface area contributed by atoms with Crippen LogP contribution in [0.1, 0.15) is 25.6 Å². The van der Waals surface area contributed by atoms with Crippen molar-refractivity contribution in [3.63, 3.8) is 0 Å². The van der Waals surface area contributed by atoms with Crippen LogP contribution in [0.15, 0.2) is 47.2 Å². The SMILES string of the molecule is CC(C)n1ncc2ccc(-c3nc(N4CCN(Cc5ncccc5F)CC4)no3)cc21. The number of anilines is 1. The highest BCUT2D eigenvalue weighted by Crippen LogP contribution is 2.26. The van der Waals surface area contributed by atoms with E-state index >= 15 is 0 Å². The summed E-state index contributed by atoms with van der Waals surface area (Å²) in [5, 5.41) is 9.73. The molecule has 0 bridgehead atoms. The number of fused-ring (bicyclic) bond motifs is 1. The summed E-state index contributed by atoms with van der Waals surface area (Å²) in [5.41, 5.74) is 2.40. The molecule has 1 fully saturated rings. The third kappa shape index (κ3) is 3.88. The Morgan fingerprint density at radius 1 is 1.13 bits per heavy atom. The van der Waals surface area contributed by atoms with Gasteiger partial charge in [0.25, 0.3) is 11.8 Å². The first-order valence-corrected chi connectivity index (χ1v) is 10.5. The van der Waals surface area contributed by atoms with E-state index in [9.17, 15) is 4.39 Å². The van der Waals surface area contributed by atoms with Crippen LogP contribution < -0.4 is 4.90 Å². The molecule has 9 heteroatoms. The smallest absolute Gasteiger partial charge is 0.266 e. The Hall–Kier alpha value is -3.33. The van der Waals surface area contributed by atoms with Crippen molar-refractivity contribution >= 4 is 16.9 Å². The van der Waals surface area contributed by atoms with Gasteiger partial charge in [0.05, 0.1) is 17.4 Å². The van der Waals surface area contributed by atoms with Gasteiger partial charge in [0, 0.05) is 55.9 Å². The van der Waals surface area contributed by atoms with Crippen molar-refractivity contribution in [1.82, 2.24) is 29.8 Å². The van der Waals surface area contributed by atoms with Gasteiger partial charge >= 0.3 is 0 Å². The van der Waals surface area contributed by atoms with Gasteiger partial charge in [0.2, 0.25) is 0 Å². The molecular weight excluding hydrogens is 397 g/mol. The minimum absolute atomic E-state index is 0.261. The topological polar surface area (TPSA) is 76.1 Å². The number of rotatable bonds is 5. The molecule has 0 amide bonds. The van der Waals surface area contributed by atoms with Crippen LogP contribution in [0.25, 0.3) is 22.4 Å². The van der Waals surface area contributed by atoms with Gasteiger partial charge in [0.1, 0.15) is 5.82 Å². The number of hydrogen-bond acceptors (Lipinski definition) is 7. The fourth-order valence-electron chi connectivity index (χ4n) is 3.90. The Kier molecular flexibility index (Phi) is 5.11. The lowest BCUT2D eigenvalue weighted by molar-refractivity contribution is 0.241. The lowest BCUT2D eigenvalue weighted by Crippen LogP contribution is -2.46. The largest absolute Gasteiger partial charge is 0.336 e. The van der Waals surface area contributed by atoms with Crippen LogP contribution in [0.2, 0.25) is 0 Å². The molecule has 8 nitrogen and oxygen atoms in total. The molecule has 1 aliphatic heterocycles. The number of halogens is 1. The molecule has 4 heterocycles. The molecule has 0 spiro atoms. The summed E-state index contributed by atoms with van der Waals surface area (Å²) >= 11 is 0. The fourth-order valence-corrected chi connectivity index (χ4v) is 3.90. The van der Waals surface area contributed by atoms with E-state index in [1.165, 1.54) is 6.07 Å². The second-order valence-corrected chi connectivity index (χ2v) is 8.05. The number of pyridine rings is 1. The molecule has 0 N–H and O–H groups in total. The molecule has 31 heavy (non-hydrogen) atoms. The summed E-state index contributed by atoms with van der Waals surface area (Å²) in [5.74, 6) is 0.811. The van der Waals surface area contributed by atoms with E-state index in [-0.39, 0.29) is 11.9 Å². The zero-order valence-electron chi connectivity index (χ0n) is 17.6. The molecule has 1 aromatic carbocycles. The summed E-state index contributed by atoms with van der Waals surface area (Å²) < 4.78 is 21.4. The molecule has 0 saturated carbocycles. The van der Waals surface area contributed by atoms with Crippen LogP contribution in [0, 0.1) is 5.82 Å². The molecule has 1 aliphatic rings. The molecule has 0 atom stereocenters. The molecule has 5 rings (SSSR count). The molecule has 4 aromatic rings. The Labute approximate surface area is 179 Å². The fraction of sp³-hybridized carbons (Fsp3) is 0.364. The Morgan fingerprint density at radius 2 is 1.97 bits per heavy atom. The number of hydrogen-bond donors (Lipinski definition) is 0. The van der Waals surface area contributed by atoms with Crippen LogP contribution in [0.3, 0.4) is 0 Å². The Morgan fingerprint density at radius 3 is 2.74 bits per heavy atom. The normalized spacial score (nSPS) is 15.3. The summed E-state index contributed by atoms with van der Waals surface area (Å²) in [7, 11) is 0. The van der Waals surface area contributed by atoms with E-state index in [2.05, 4.69) is 43.9 Å². The number of benzene rings is 1. The van der Waals surface area contributed by atoms with Crippen molar-refractivity contribution in [3.05, 3.63) is 54.2 Å². The van der Waals surface area contributed by atoms with Crippen LogP contribution in [-0.2, 0) is 6.54 Å². The highest BCUT2D eigenvalue weighted by molar-refractivity contribution is 5.83. The molecule has 0 radical (unpaired) electrons. The number of aromatic nitrogens is 5. The van der Waals surface area contributed by atoms with Crippen molar-refractivity contribution in [1.29, 1.82) is 0 Å². The van der Waals surface area contributed by atoms with Crippen LogP contribution in [-0.4, -0.2) is 56.0 Å². The first-order chi connectivity index (χ1) is 15.1. The third-order valence-corrected chi connectivity index (χ3v) is 5.61. The van der Waals surface area contributed by atoms with Crippen LogP contribution in [0.4, 0.5) is 10.3 Å². The summed E-state index contributed by atoms with van der Waals surface area (Å²) in [6.07, 6.45) is 3.50. The Balaban J connectivity index is 1.28. The van der Waals surface area contributed by atoms with Gasteiger partial charge in [-0.25, -0.2) is 4.39 Å². The minimum atomic E-state index is -0.261. The van der Waals surface area contributed by atoms with Gasteiger partial charge in [-0.2, -0.15) is 10.1 Å². The maximum absolute atomic E-state index is 13.9. The maximum Gasteiger partial charge on any atom is 0.266 e. The standard InChI is InChI=1S/C22H24FN7O/c1-15(2)30-20-12-16(5-6-17(20)13-25-30)21-26-22(27-31-21)29-10-8-28(9-11-29)14-19-18(23)4-3-7-24-19/h3-7,12-13,15H,8-11,14H2,1-2H3. The first-order valence-electron chi connectivity index (χ1n) is 10.5. The highest BCUT2D eigenvalue weighted by atomic mass is 19.1. The van der Waals surface area contributed by atoms with Crippen molar-refractivity contribution in [3.8, 4) is 11.5 Å². The number of nitrogens with zero attached hydrogens (tertiary/aromatic N) is 7. The Bertz CT molecular complexity index is 1190.